The minimum atomic E-state index is -0.452. The van der Waals surface area contributed by atoms with Crippen LogP contribution in [0.15, 0.2) is 58.8 Å². The highest BCUT2D eigenvalue weighted by molar-refractivity contribution is 5.45. The molecule has 96 valence electrons. The summed E-state index contributed by atoms with van der Waals surface area (Å²) in [5.41, 5.74) is 7.82. The molecular weight excluding hydrogens is 244 g/mol. The molecule has 19 heavy (non-hydrogen) atoms. The quantitative estimate of drug-likeness (QED) is 0.515. The van der Waals surface area contributed by atoms with Gasteiger partial charge in [-0.2, -0.15) is 10.2 Å². The third kappa shape index (κ3) is 3.43. The molecule has 0 fully saturated rings. The van der Waals surface area contributed by atoms with Crippen LogP contribution in [0.3, 0.4) is 0 Å². The molecule has 2 aromatic carbocycles. The number of benzene rings is 2. The Hall–Kier alpha value is -2.60. The highest BCUT2D eigenvalue weighted by Crippen LogP contribution is 2.21. The summed E-state index contributed by atoms with van der Waals surface area (Å²) in [7, 11) is 0. The van der Waals surface area contributed by atoms with Gasteiger partial charge in [0.1, 0.15) is 0 Å². The molecule has 0 aliphatic carbocycles. The standard InChI is InChI=1S/C13H12N4O2/c14-9-10-1-3-11(4-2-10)15-16-12-5-7-13(8-6-12)17(18)19/h1-8H,9,14H2. The van der Waals surface area contributed by atoms with E-state index < -0.39 is 4.92 Å². The maximum Gasteiger partial charge on any atom is 0.269 e. The van der Waals surface area contributed by atoms with E-state index in [1.807, 2.05) is 24.3 Å². The highest BCUT2D eigenvalue weighted by Gasteiger charge is 2.02. The Morgan fingerprint density at radius 3 is 1.84 bits per heavy atom. The second-order valence-corrected chi connectivity index (χ2v) is 3.84. The van der Waals surface area contributed by atoms with Crippen molar-refractivity contribution in [1.82, 2.24) is 0 Å². The van der Waals surface area contributed by atoms with Gasteiger partial charge in [0.15, 0.2) is 0 Å². The minimum absolute atomic E-state index is 0.0336. The lowest BCUT2D eigenvalue weighted by molar-refractivity contribution is -0.384. The van der Waals surface area contributed by atoms with Crippen molar-refractivity contribution in [1.29, 1.82) is 0 Å². The third-order valence-corrected chi connectivity index (χ3v) is 2.51. The average molecular weight is 256 g/mol. The number of rotatable bonds is 4. The Morgan fingerprint density at radius 1 is 0.947 bits per heavy atom. The first-order chi connectivity index (χ1) is 9.19. The van der Waals surface area contributed by atoms with E-state index in [2.05, 4.69) is 10.2 Å². The van der Waals surface area contributed by atoms with Crippen LogP contribution in [0.4, 0.5) is 17.1 Å². The van der Waals surface area contributed by atoms with Gasteiger partial charge in [-0.15, -0.1) is 0 Å². The van der Waals surface area contributed by atoms with Gasteiger partial charge in [0, 0.05) is 18.7 Å². The van der Waals surface area contributed by atoms with Crippen LogP contribution < -0.4 is 5.73 Å². The molecule has 0 aromatic heterocycles. The van der Waals surface area contributed by atoms with E-state index in [1.54, 1.807) is 12.1 Å². The maximum atomic E-state index is 10.5. The van der Waals surface area contributed by atoms with Gasteiger partial charge in [0.2, 0.25) is 0 Å². The molecule has 0 aliphatic rings. The molecule has 0 saturated carbocycles. The Morgan fingerprint density at radius 2 is 1.42 bits per heavy atom. The lowest BCUT2D eigenvalue weighted by atomic mass is 10.2. The first-order valence-electron chi connectivity index (χ1n) is 5.64. The molecule has 2 rings (SSSR count). The van der Waals surface area contributed by atoms with Crippen molar-refractivity contribution in [3.05, 3.63) is 64.2 Å². The summed E-state index contributed by atoms with van der Waals surface area (Å²) in [5.74, 6) is 0. The zero-order valence-electron chi connectivity index (χ0n) is 10.1. The van der Waals surface area contributed by atoms with Gasteiger partial charge in [-0.05, 0) is 29.8 Å². The Balaban J connectivity index is 2.10. The highest BCUT2D eigenvalue weighted by atomic mass is 16.6. The van der Waals surface area contributed by atoms with Crippen molar-refractivity contribution in [2.75, 3.05) is 0 Å². The second-order valence-electron chi connectivity index (χ2n) is 3.84. The van der Waals surface area contributed by atoms with Gasteiger partial charge in [-0.25, -0.2) is 0 Å². The van der Waals surface area contributed by atoms with Crippen LogP contribution in [0, 0.1) is 10.1 Å². The molecule has 0 spiro atoms. The first kappa shape index (κ1) is 12.8. The molecule has 0 saturated heterocycles. The van der Waals surface area contributed by atoms with Crippen LogP contribution in [0.2, 0.25) is 0 Å². The molecule has 0 amide bonds. The van der Waals surface area contributed by atoms with E-state index in [0.717, 1.165) is 5.56 Å². The molecule has 6 nitrogen and oxygen atoms in total. The number of nitrogens with zero attached hydrogens (tertiary/aromatic N) is 3. The summed E-state index contributed by atoms with van der Waals surface area (Å²) in [4.78, 5) is 10.0. The largest absolute Gasteiger partial charge is 0.326 e. The molecule has 0 unspecified atom stereocenters. The van der Waals surface area contributed by atoms with Crippen LogP contribution in [-0.2, 0) is 6.54 Å². The van der Waals surface area contributed by atoms with Crippen LogP contribution in [0.25, 0.3) is 0 Å². The molecular formula is C13H12N4O2. The number of hydrogen-bond donors (Lipinski definition) is 1. The van der Waals surface area contributed by atoms with E-state index >= 15 is 0 Å². The fourth-order valence-corrected chi connectivity index (χ4v) is 1.46. The van der Waals surface area contributed by atoms with Gasteiger partial charge in [-0.1, -0.05) is 12.1 Å². The Bertz CT molecular complexity index is 591. The zero-order valence-corrected chi connectivity index (χ0v) is 10.1. The summed E-state index contributed by atoms with van der Waals surface area (Å²) in [5, 5.41) is 18.5. The van der Waals surface area contributed by atoms with Crippen molar-refractivity contribution in [3.8, 4) is 0 Å². The summed E-state index contributed by atoms with van der Waals surface area (Å²) < 4.78 is 0. The summed E-state index contributed by atoms with van der Waals surface area (Å²) in [6.45, 7) is 0.486. The number of nitrogens with two attached hydrogens (primary N) is 1. The Kier molecular flexibility index (Phi) is 3.94. The number of hydrogen-bond acceptors (Lipinski definition) is 5. The molecule has 0 radical (unpaired) electrons. The summed E-state index contributed by atoms with van der Waals surface area (Å²) in [6.07, 6.45) is 0. The Labute approximate surface area is 109 Å². The fraction of sp³-hybridized carbons (Fsp3) is 0.0769. The summed E-state index contributed by atoms with van der Waals surface area (Å²) >= 11 is 0. The smallest absolute Gasteiger partial charge is 0.269 e. The van der Waals surface area contributed by atoms with Gasteiger partial charge in [-0.3, -0.25) is 10.1 Å². The van der Waals surface area contributed by atoms with Crippen molar-refractivity contribution >= 4 is 17.1 Å². The molecule has 0 aliphatic heterocycles. The first-order valence-corrected chi connectivity index (χ1v) is 5.64. The van der Waals surface area contributed by atoms with Crippen LogP contribution in [0.5, 0.6) is 0 Å². The van der Waals surface area contributed by atoms with Crippen LogP contribution in [0.1, 0.15) is 5.56 Å². The normalized spacial score (nSPS) is 10.8. The second kappa shape index (κ2) is 5.83. The van der Waals surface area contributed by atoms with Gasteiger partial charge in [0.25, 0.3) is 5.69 Å². The van der Waals surface area contributed by atoms with E-state index in [4.69, 9.17) is 5.73 Å². The molecule has 0 heterocycles. The van der Waals surface area contributed by atoms with Crippen LogP contribution in [-0.4, -0.2) is 4.92 Å². The van der Waals surface area contributed by atoms with E-state index in [9.17, 15) is 10.1 Å². The number of nitro groups is 1. The van der Waals surface area contributed by atoms with Crippen molar-refractivity contribution in [2.45, 2.75) is 6.54 Å². The van der Waals surface area contributed by atoms with Crippen molar-refractivity contribution in [3.63, 3.8) is 0 Å². The predicted molar refractivity (Wildman–Crippen MR) is 71.6 cm³/mol. The monoisotopic (exact) mass is 256 g/mol. The minimum Gasteiger partial charge on any atom is -0.326 e. The fourth-order valence-electron chi connectivity index (χ4n) is 1.46. The van der Waals surface area contributed by atoms with Crippen LogP contribution >= 0.6 is 0 Å². The van der Waals surface area contributed by atoms with E-state index in [1.165, 1.54) is 12.1 Å². The average Bonchev–Trinajstić information content (AvgIpc) is 2.46. The molecule has 2 N–H and O–H groups in total. The molecule has 0 atom stereocenters. The predicted octanol–water partition coefficient (Wildman–Crippen LogP) is 3.47. The van der Waals surface area contributed by atoms with Gasteiger partial charge < -0.3 is 5.73 Å². The molecule has 0 bridgehead atoms. The van der Waals surface area contributed by atoms with Crippen molar-refractivity contribution in [2.24, 2.45) is 16.0 Å². The lowest BCUT2D eigenvalue weighted by Crippen LogP contribution is -1.94. The number of nitro benzene ring substituents is 1. The maximum absolute atomic E-state index is 10.5. The van der Waals surface area contributed by atoms with Crippen molar-refractivity contribution < 1.29 is 4.92 Å². The molecule has 2 aromatic rings. The zero-order chi connectivity index (χ0) is 13.7. The van der Waals surface area contributed by atoms with E-state index in [-0.39, 0.29) is 5.69 Å². The number of non-ortho nitro benzene ring substituents is 1. The molecule has 6 heteroatoms. The van der Waals surface area contributed by atoms with Gasteiger partial charge in [0.05, 0.1) is 16.3 Å². The number of azo groups is 1. The topological polar surface area (TPSA) is 93.9 Å². The lowest BCUT2D eigenvalue weighted by Gasteiger charge is -1.96. The summed E-state index contributed by atoms with van der Waals surface area (Å²) in [6, 6.07) is 13.3. The third-order valence-electron chi connectivity index (χ3n) is 2.51. The van der Waals surface area contributed by atoms with E-state index in [0.29, 0.717) is 17.9 Å². The SMILES string of the molecule is NCc1ccc(N=Nc2ccc([N+](=O)[O-])cc2)cc1. The van der Waals surface area contributed by atoms with Gasteiger partial charge >= 0.3 is 0 Å².